The van der Waals surface area contributed by atoms with E-state index in [-0.39, 0.29) is 6.09 Å². The van der Waals surface area contributed by atoms with Crippen molar-refractivity contribution in [2.45, 2.75) is 50.7 Å². The highest BCUT2D eigenvalue weighted by Gasteiger charge is 2.44. The minimum Gasteiger partial charge on any atom is -0.444 e. The van der Waals surface area contributed by atoms with E-state index in [1.807, 2.05) is 45.0 Å². The number of β-amino-alcohol motifs (C(OH)–C–C–N with tert-alkyl or cyclic N) is 1. The van der Waals surface area contributed by atoms with Crippen molar-refractivity contribution in [1.82, 2.24) is 9.80 Å². The lowest BCUT2D eigenvalue weighted by Crippen LogP contribution is -2.55. The van der Waals surface area contributed by atoms with E-state index in [0.717, 1.165) is 18.7 Å². The molecule has 1 unspecified atom stereocenters. The van der Waals surface area contributed by atoms with Crippen LogP contribution in [0.25, 0.3) is 0 Å². The molecule has 0 aromatic heterocycles. The van der Waals surface area contributed by atoms with Crippen LogP contribution in [0.5, 0.6) is 0 Å². The van der Waals surface area contributed by atoms with Crippen molar-refractivity contribution in [2.24, 2.45) is 0 Å². The first-order valence-electron chi connectivity index (χ1n) is 10.4. The molecule has 0 saturated carbocycles. The monoisotopic (exact) mass is 424 g/mol. The van der Waals surface area contributed by atoms with E-state index in [9.17, 15) is 9.90 Å². The Labute approximate surface area is 178 Å². The molecule has 2 heterocycles. The van der Waals surface area contributed by atoms with Crippen LogP contribution in [0.3, 0.4) is 0 Å². The van der Waals surface area contributed by atoms with Crippen molar-refractivity contribution >= 4 is 17.7 Å². The summed E-state index contributed by atoms with van der Waals surface area (Å²) in [4.78, 5) is 16.5. The molecule has 2 aliphatic heterocycles. The molecule has 1 amide bonds. The maximum Gasteiger partial charge on any atom is 0.410 e. The molecule has 2 aliphatic rings. The zero-order valence-corrected chi connectivity index (χ0v) is 18.5. The van der Waals surface area contributed by atoms with Crippen molar-refractivity contribution < 1.29 is 19.4 Å². The van der Waals surface area contributed by atoms with Gasteiger partial charge in [-0.25, -0.2) is 4.79 Å². The quantitative estimate of drug-likeness (QED) is 0.803. The van der Waals surface area contributed by atoms with Gasteiger partial charge in [-0.05, 0) is 51.3 Å². The number of hydrogen-bond donors (Lipinski definition) is 1. The van der Waals surface area contributed by atoms with Crippen LogP contribution in [-0.2, 0) is 14.9 Å². The van der Waals surface area contributed by atoms with Crippen molar-refractivity contribution in [3.8, 4) is 0 Å². The second-order valence-corrected chi connectivity index (χ2v) is 9.50. The second kappa shape index (κ2) is 9.21. The van der Waals surface area contributed by atoms with Gasteiger partial charge in [0.05, 0.1) is 19.3 Å². The molecule has 7 heteroatoms. The van der Waals surface area contributed by atoms with Gasteiger partial charge in [-0.15, -0.1) is 0 Å². The normalized spacial score (nSPS) is 21.6. The molecule has 1 N–H and O–H groups in total. The van der Waals surface area contributed by atoms with Gasteiger partial charge >= 0.3 is 6.09 Å². The number of carbonyl (C=O) groups is 1. The highest BCUT2D eigenvalue weighted by Crippen LogP contribution is 2.40. The van der Waals surface area contributed by atoms with E-state index >= 15 is 0 Å². The third kappa shape index (κ3) is 5.63. The summed E-state index contributed by atoms with van der Waals surface area (Å²) in [5, 5.41) is 12.0. The smallest absolute Gasteiger partial charge is 0.410 e. The number of halogens is 1. The van der Waals surface area contributed by atoms with Crippen LogP contribution in [0, 0.1) is 0 Å². The second-order valence-electron chi connectivity index (χ2n) is 9.06. The fourth-order valence-corrected chi connectivity index (χ4v) is 4.34. The summed E-state index contributed by atoms with van der Waals surface area (Å²) < 4.78 is 11.0. The van der Waals surface area contributed by atoms with Crippen LogP contribution in [0.2, 0.25) is 5.02 Å². The van der Waals surface area contributed by atoms with Crippen LogP contribution < -0.4 is 0 Å². The zero-order chi connectivity index (χ0) is 21.1. The molecule has 3 rings (SSSR count). The first-order chi connectivity index (χ1) is 13.7. The average molecular weight is 425 g/mol. The molecule has 0 radical (unpaired) electrons. The summed E-state index contributed by atoms with van der Waals surface area (Å²) >= 11 is 6.10. The highest BCUT2D eigenvalue weighted by molar-refractivity contribution is 6.30. The predicted molar refractivity (Wildman–Crippen MR) is 113 cm³/mol. The highest BCUT2D eigenvalue weighted by atomic mass is 35.5. The number of nitrogens with zero attached hydrogens (tertiary/aromatic N) is 2. The molecular weight excluding hydrogens is 392 g/mol. The van der Waals surface area contributed by atoms with Crippen LogP contribution in [0.1, 0.15) is 39.2 Å². The fourth-order valence-electron chi connectivity index (χ4n) is 4.21. The minimum absolute atomic E-state index is 0.287. The van der Waals surface area contributed by atoms with Crippen molar-refractivity contribution in [3.63, 3.8) is 0 Å². The van der Waals surface area contributed by atoms with Gasteiger partial charge in [0, 0.05) is 43.2 Å². The van der Waals surface area contributed by atoms with E-state index in [1.54, 1.807) is 4.90 Å². The maximum atomic E-state index is 12.5. The van der Waals surface area contributed by atoms with E-state index in [1.165, 1.54) is 0 Å². The van der Waals surface area contributed by atoms with Gasteiger partial charge in [0.1, 0.15) is 5.60 Å². The standard InChI is InChI=1S/C22H33ClN2O4/c1-21(2,3)29-20(27)25-10-8-22(9-11-25,17-4-6-18(23)7-5-17)19(26)16-24-12-14-28-15-13-24/h4-7,19,26H,8-16H2,1-3H3. The Morgan fingerprint density at radius 3 is 2.31 bits per heavy atom. The Balaban J connectivity index is 1.76. The van der Waals surface area contributed by atoms with Crippen molar-refractivity contribution in [2.75, 3.05) is 45.9 Å². The van der Waals surface area contributed by atoms with Gasteiger partial charge in [-0.3, -0.25) is 4.90 Å². The van der Waals surface area contributed by atoms with Gasteiger partial charge in [-0.1, -0.05) is 23.7 Å². The van der Waals surface area contributed by atoms with Crippen LogP contribution in [0.15, 0.2) is 24.3 Å². The summed E-state index contributed by atoms with van der Waals surface area (Å²) in [6.45, 7) is 10.4. The fraction of sp³-hybridized carbons (Fsp3) is 0.682. The Kier molecular flexibility index (Phi) is 7.10. The van der Waals surface area contributed by atoms with E-state index in [0.29, 0.717) is 50.7 Å². The number of aliphatic hydroxyl groups is 1. The predicted octanol–water partition coefficient (Wildman–Crippen LogP) is 3.30. The summed E-state index contributed by atoms with van der Waals surface area (Å²) in [5.41, 5.74) is 0.144. The van der Waals surface area contributed by atoms with Gasteiger partial charge in [0.15, 0.2) is 0 Å². The number of rotatable bonds is 4. The van der Waals surface area contributed by atoms with Crippen molar-refractivity contribution in [1.29, 1.82) is 0 Å². The number of morpholine rings is 1. The molecule has 1 aromatic rings. The summed E-state index contributed by atoms with van der Waals surface area (Å²) in [6, 6.07) is 7.77. The minimum atomic E-state index is -0.539. The molecule has 0 spiro atoms. The number of piperidine rings is 1. The first kappa shape index (κ1) is 22.3. The largest absolute Gasteiger partial charge is 0.444 e. The molecule has 6 nitrogen and oxygen atoms in total. The van der Waals surface area contributed by atoms with Gasteiger partial charge < -0.3 is 19.5 Å². The number of likely N-dealkylation sites (tertiary alicyclic amines) is 1. The molecular formula is C22H33ClN2O4. The topological polar surface area (TPSA) is 62.2 Å². The van der Waals surface area contributed by atoms with Crippen LogP contribution in [0.4, 0.5) is 4.79 Å². The molecule has 0 bridgehead atoms. The summed E-state index contributed by atoms with van der Waals surface area (Å²) in [7, 11) is 0. The molecule has 1 aromatic carbocycles. The number of aliphatic hydroxyl groups excluding tert-OH is 1. The number of benzene rings is 1. The number of carbonyl (C=O) groups excluding carboxylic acids is 1. The third-order valence-corrected chi connectivity index (χ3v) is 6.15. The Morgan fingerprint density at radius 2 is 1.76 bits per heavy atom. The van der Waals surface area contributed by atoms with Gasteiger partial charge in [0.2, 0.25) is 0 Å². The number of hydrogen-bond acceptors (Lipinski definition) is 5. The summed E-state index contributed by atoms with van der Waals surface area (Å²) in [5.74, 6) is 0. The number of amides is 1. The number of ether oxygens (including phenoxy) is 2. The third-order valence-electron chi connectivity index (χ3n) is 5.90. The lowest BCUT2D eigenvalue weighted by molar-refractivity contribution is -0.0283. The van der Waals surface area contributed by atoms with Crippen LogP contribution >= 0.6 is 11.6 Å². The average Bonchev–Trinajstić information content (AvgIpc) is 2.68. The molecule has 2 fully saturated rings. The molecule has 2 saturated heterocycles. The van der Waals surface area contributed by atoms with Gasteiger partial charge in [-0.2, -0.15) is 0 Å². The maximum absolute atomic E-state index is 12.5. The lowest BCUT2D eigenvalue weighted by Gasteiger charge is -2.46. The summed E-state index contributed by atoms with van der Waals surface area (Å²) in [6.07, 6.45) is 0.533. The Bertz CT molecular complexity index is 675. The Morgan fingerprint density at radius 1 is 1.17 bits per heavy atom. The molecule has 29 heavy (non-hydrogen) atoms. The molecule has 162 valence electrons. The SMILES string of the molecule is CC(C)(C)OC(=O)N1CCC(c2ccc(Cl)cc2)(C(O)CN2CCOCC2)CC1. The van der Waals surface area contributed by atoms with E-state index < -0.39 is 17.1 Å². The molecule has 0 aliphatic carbocycles. The zero-order valence-electron chi connectivity index (χ0n) is 17.7. The van der Waals surface area contributed by atoms with E-state index in [4.69, 9.17) is 21.1 Å². The van der Waals surface area contributed by atoms with Gasteiger partial charge in [0.25, 0.3) is 0 Å². The molecule has 1 atom stereocenters. The lowest BCUT2D eigenvalue weighted by atomic mass is 9.68. The van der Waals surface area contributed by atoms with E-state index in [2.05, 4.69) is 4.90 Å². The van der Waals surface area contributed by atoms with Crippen molar-refractivity contribution in [3.05, 3.63) is 34.9 Å². The van der Waals surface area contributed by atoms with Crippen LogP contribution in [-0.4, -0.2) is 78.6 Å². The Hall–Kier alpha value is -1.34. The first-order valence-corrected chi connectivity index (χ1v) is 10.8.